The zero-order chi connectivity index (χ0) is 13.1. The van der Waals surface area contributed by atoms with Gasteiger partial charge >= 0.3 is 0 Å². The minimum Gasteiger partial charge on any atom is -0.341 e. The summed E-state index contributed by atoms with van der Waals surface area (Å²) in [6, 6.07) is 0. The second-order valence-corrected chi connectivity index (χ2v) is 4.30. The molecular weight excluding hydrogens is 254 g/mol. The van der Waals surface area contributed by atoms with Gasteiger partial charge in [-0.3, -0.25) is 10.1 Å². The van der Waals surface area contributed by atoms with Crippen LogP contribution in [0.5, 0.6) is 0 Å². The first-order valence-corrected chi connectivity index (χ1v) is 6.21. The normalized spacial score (nSPS) is 11.1. The average Bonchev–Trinajstić information content (AvgIpc) is 2.79. The molecule has 96 valence electrons. The Balaban J connectivity index is 2.24. The molecule has 0 saturated heterocycles. The van der Waals surface area contributed by atoms with Crippen molar-refractivity contribution in [3.05, 3.63) is 11.5 Å². The third-order valence-electron chi connectivity index (χ3n) is 2.83. The lowest BCUT2D eigenvalue weighted by Crippen LogP contribution is -2.22. The quantitative estimate of drug-likeness (QED) is 0.833. The van der Waals surface area contributed by atoms with Gasteiger partial charge in [-0.2, -0.15) is 9.97 Å². The lowest BCUT2D eigenvalue weighted by molar-refractivity contribution is -0.120. The van der Waals surface area contributed by atoms with E-state index in [4.69, 9.17) is 11.6 Å². The van der Waals surface area contributed by atoms with Crippen molar-refractivity contribution in [1.82, 2.24) is 19.9 Å². The topological polar surface area (TPSA) is 83.6 Å². The number of nitrogens with zero attached hydrogens (tertiary/aromatic N) is 3. The summed E-state index contributed by atoms with van der Waals surface area (Å²) in [5.41, 5.74) is 1.01. The van der Waals surface area contributed by atoms with Gasteiger partial charge in [0.15, 0.2) is 10.8 Å². The highest BCUT2D eigenvalue weighted by molar-refractivity contribution is 6.33. The van der Waals surface area contributed by atoms with Crippen LogP contribution in [0.3, 0.4) is 0 Å². The molecule has 2 N–H and O–H groups in total. The van der Waals surface area contributed by atoms with Gasteiger partial charge in [-0.15, -0.1) is 0 Å². The molecule has 0 aliphatic carbocycles. The monoisotopic (exact) mass is 267 g/mol. The molecule has 0 saturated carbocycles. The summed E-state index contributed by atoms with van der Waals surface area (Å²) < 4.78 is 0. The summed E-state index contributed by atoms with van der Waals surface area (Å²) in [7, 11) is 0. The lowest BCUT2D eigenvalue weighted by Gasteiger charge is -2.11. The molecule has 6 nitrogen and oxygen atoms in total. The summed E-state index contributed by atoms with van der Waals surface area (Å²) in [4.78, 5) is 26.9. The Morgan fingerprint density at radius 1 is 1.44 bits per heavy atom. The Morgan fingerprint density at radius 2 is 2.17 bits per heavy atom. The van der Waals surface area contributed by atoms with E-state index in [9.17, 15) is 4.79 Å². The first kappa shape index (κ1) is 12.8. The number of hydrogen-bond acceptors (Lipinski definition) is 4. The number of H-pyrrole nitrogens is 1. The van der Waals surface area contributed by atoms with Gasteiger partial charge in [0.05, 0.1) is 6.33 Å². The minimum atomic E-state index is -0.0917. The zero-order valence-electron chi connectivity index (χ0n) is 10.2. The van der Waals surface area contributed by atoms with E-state index in [1.807, 2.05) is 13.8 Å². The minimum absolute atomic E-state index is 0.0396. The number of amides is 1. The third-order valence-corrected chi connectivity index (χ3v) is 3.11. The van der Waals surface area contributed by atoms with Gasteiger partial charge in [0.2, 0.25) is 11.9 Å². The fourth-order valence-electron chi connectivity index (χ4n) is 1.73. The van der Waals surface area contributed by atoms with Crippen LogP contribution in [0.25, 0.3) is 11.2 Å². The lowest BCUT2D eigenvalue weighted by atomic mass is 10.0. The van der Waals surface area contributed by atoms with Crippen molar-refractivity contribution in [1.29, 1.82) is 0 Å². The van der Waals surface area contributed by atoms with Crippen molar-refractivity contribution in [2.24, 2.45) is 5.92 Å². The maximum absolute atomic E-state index is 11.9. The molecule has 2 rings (SSSR count). The smallest absolute Gasteiger partial charge is 0.233 e. The summed E-state index contributed by atoms with van der Waals surface area (Å²) in [5.74, 6) is 0.0599. The van der Waals surface area contributed by atoms with Gasteiger partial charge in [0.25, 0.3) is 0 Å². The van der Waals surface area contributed by atoms with E-state index in [0.717, 1.165) is 12.8 Å². The highest BCUT2D eigenvalue weighted by Gasteiger charge is 2.16. The van der Waals surface area contributed by atoms with Crippen LogP contribution in [0.2, 0.25) is 5.15 Å². The number of imidazole rings is 1. The number of fused-ring (bicyclic) bond motifs is 1. The maximum atomic E-state index is 11.9. The molecule has 0 aromatic carbocycles. The molecule has 0 bridgehead atoms. The van der Waals surface area contributed by atoms with E-state index < -0.39 is 0 Å². The van der Waals surface area contributed by atoms with E-state index >= 15 is 0 Å². The summed E-state index contributed by atoms with van der Waals surface area (Å²) >= 11 is 5.96. The summed E-state index contributed by atoms with van der Waals surface area (Å²) in [6.07, 6.45) is 3.04. The van der Waals surface area contributed by atoms with Gasteiger partial charge in [0, 0.05) is 5.92 Å². The van der Waals surface area contributed by atoms with Gasteiger partial charge in [-0.1, -0.05) is 25.4 Å². The molecule has 2 aromatic heterocycles. The van der Waals surface area contributed by atoms with Crippen LogP contribution < -0.4 is 5.32 Å². The van der Waals surface area contributed by atoms with Crippen molar-refractivity contribution in [2.75, 3.05) is 5.32 Å². The van der Waals surface area contributed by atoms with Gasteiger partial charge < -0.3 is 4.98 Å². The number of aromatic nitrogens is 4. The molecular formula is C11H14ClN5O. The number of nitrogens with one attached hydrogen (secondary N) is 2. The van der Waals surface area contributed by atoms with Crippen molar-refractivity contribution >= 4 is 34.6 Å². The predicted molar refractivity (Wildman–Crippen MR) is 69.4 cm³/mol. The largest absolute Gasteiger partial charge is 0.341 e. The Morgan fingerprint density at radius 3 is 2.83 bits per heavy atom. The van der Waals surface area contributed by atoms with E-state index in [1.54, 1.807) is 0 Å². The Hall–Kier alpha value is -1.69. The molecule has 0 fully saturated rings. The first-order chi connectivity index (χ1) is 8.65. The number of rotatable bonds is 4. The van der Waals surface area contributed by atoms with Crippen molar-refractivity contribution < 1.29 is 4.79 Å². The maximum Gasteiger partial charge on any atom is 0.233 e. The summed E-state index contributed by atoms with van der Waals surface area (Å²) in [5, 5.41) is 2.91. The van der Waals surface area contributed by atoms with Crippen molar-refractivity contribution in [2.45, 2.75) is 26.7 Å². The summed E-state index contributed by atoms with van der Waals surface area (Å²) in [6.45, 7) is 3.94. The number of aromatic amines is 1. The highest BCUT2D eigenvalue weighted by atomic mass is 35.5. The first-order valence-electron chi connectivity index (χ1n) is 5.83. The van der Waals surface area contributed by atoms with Gasteiger partial charge in [0.1, 0.15) is 5.52 Å². The van der Waals surface area contributed by atoms with Gasteiger partial charge in [-0.05, 0) is 12.8 Å². The van der Waals surface area contributed by atoms with Crippen molar-refractivity contribution in [3.63, 3.8) is 0 Å². The van der Waals surface area contributed by atoms with E-state index in [2.05, 4.69) is 25.3 Å². The average molecular weight is 268 g/mol. The van der Waals surface area contributed by atoms with Crippen LogP contribution in [0.4, 0.5) is 5.95 Å². The van der Waals surface area contributed by atoms with Crippen LogP contribution >= 0.6 is 11.6 Å². The standard InChI is InChI=1S/C11H14ClN5O/c1-3-6(4-2)10(18)17-11-15-8(12)7-9(16-11)14-5-13-7/h5-6H,3-4H2,1-2H3,(H2,13,14,15,16,17,18). The van der Waals surface area contributed by atoms with Crippen LogP contribution in [0, 0.1) is 5.92 Å². The second-order valence-electron chi connectivity index (χ2n) is 3.94. The van der Waals surface area contributed by atoms with E-state index in [0.29, 0.717) is 11.2 Å². The molecule has 0 aliphatic rings. The molecule has 0 radical (unpaired) electrons. The molecule has 0 atom stereocenters. The fraction of sp³-hybridized carbons (Fsp3) is 0.455. The van der Waals surface area contributed by atoms with Gasteiger partial charge in [-0.25, -0.2) is 4.98 Å². The fourth-order valence-corrected chi connectivity index (χ4v) is 1.94. The molecule has 0 spiro atoms. The van der Waals surface area contributed by atoms with Crippen LogP contribution in [-0.2, 0) is 4.79 Å². The number of carbonyl (C=O) groups excluding carboxylic acids is 1. The Bertz CT molecular complexity index is 564. The second kappa shape index (κ2) is 5.30. The van der Waals surface area contributed by atoms with Crippen LogP contribution in [0.15, 0.2) is 6.33 Å². The molecule has 2 aromatic rings. The molecule has 2 heterocycles. The zero-order valence-corrected chi connectivity index (χ0v) is 11.0. The third kappa shape index (κ3) is 2.43. The van der Waals surface area contributed by atoms with Crippen LogP contribution in [-0.4, -0.2) is 25.8 Å². The van der Waals surface area contributed by atoms with E-state index in [-0.39, 0.29) is 22.9 Å². The number of halogens is 1. The molecule has 0 unspecified atom stereocenters. The number of hydrogen-bond donors (Lipinski definition) is 2. The molecule has 1 amide bonds. The van der Waals surface area contributed by atoms with Crippen molar-refractivity contribution in [3.8, 4) is 0 Å². The van der Waals surface area contributed by atoms with E-state index in [1.165, 1.54) is 6.33 Å². The number of anilines is 1. The number of carbonyl (C=O) groups is 1. The van der Waals surface area contributed by atoms with Crippen LogP contribution in [0.1, 0.15) is 26.7 Å². The molecule has 7 heteroatoms. The Labute approximate surface area is 109 Å². The Kier molecular flexibility index (Phi) is 3.76. The molecule has 18 heavy (non-hydrogen) atoms. The predicted octanol–water partition coefficient (Wildman–Crippen LogP) is 2.38. The molecule has 0 aliphatic heterocycles. The SMILES string of the molecule is CCC(CC)C(=O)Nc1nc(Cl)c2[nH]cnc2n1. The highest BCUT2D eigenvalue weighted by Crippen LogP contribution is 2.19.